The maximum absolute atomic E-state index is 12.4. The zero-order chi connectivity index (χ0) is 16.9. The Bertz CT molecular complexity index is 708. The van der Waals surface area contributed by atoms with Crippen LogP contribution in [0.4, 0.5) is 5.69 Å². The molecule has 126 valence electrons. The van der Waals surface area contributed by atoms with Gasteiger partial charge in [0.15, 0.2) is 0 Å². The summed E-state index contributed by atoms with van der Waals surface area (Å²) in [7, 11) is 0. The Morgan fingerprint density at radius 3 is 2.29 bits per heavy atom. The van der Waals surface area contributed by atoms with Crippen LogP contribution in [0.2, 0.25) is 0 Å². The van der Waals surface area contributed by atoms with E-state index in [0.717, 1.165) is 26.2 Å². The molecule has 1 aliphatic rings. The fourth-order valence-corrected chi connectivity index (χ4v) is 3.90. The molecule has 3 nitrogen and oxygen atoms in total. The Balaban J connectivity index is 1.50. The molecule has 1 heterocycles. The largest absolute Gasteiger partial charge is 0.368 e. The van der Waals surface area contributed by atoms with Crippen LogP contribution in [-0.4, -0.2) is 42.7 Å². The van der Waals surface area contributed by atoms with Crippen molar-refractivity contribution in [2.45, 2.75) is 18.7 Å². The quantitative estimate of drug-likeness (QED) is 0.792. The first kappa shape index (κ1) is 16.9. The van der Waals surface area contributed by atoms with Crippen LogP contribution in [0.1, 0.15) is 11.1 Å². The van der Waals surface area contributed by atoms with Gasteiger partial charge in [0.05, 0.1) is 5.75 Å². The van der Waals surface area contributed by atoms with Crippen molar-refractivity contribution < 1.29 is 4.79 Å². The molecule has 0 bridgehead atoms. The summed E-state index contributed by atoms with van der Waals surface area (Å²) in [5, 5.41) is 0. The van der Waals surface area contributed by atoms with Gasteiger partial charge in [0.1, 0.15) is 0 Å². The van der Waals surface area contributed by atoms with Gasteiger partial charge in [-0.2, -0.15) is 0 Å². The second-order valence-corrected chi connectivity index (χ2v) is 7.36. The van der Waals surface area contributed by atoms with Gasteiger partial charge in [-0.15, -0.1) is 11.8 Å². The summed E-state index contributed by atoms with van der Waals surface area (Å²) in [4.78, 5) is 18.0. The monoisotopic (exact) mass is 340 g/mol. The van der Waals surface area contributed by atoms with Crippen molar-refractivity contribution in [2.75, 3.05) is 36.8 Å². The number of aryl methyl sites for hydroxylation is 2. The van der Waals surface area contributed by atoms with E-state index in [1.165, 1.54) is 21.7 Å². The van der Waals surface area contributed by atoms with Gasteiger partial charge in [-0.3, -0.25) is 4.79 Å². The second kappa shape index (κ2) is 7.75. The van der Waals surface area contributed by atoms with Gasteiger partial charge in [0.2, 0.25) is 5.91 Å². The lowest BCUT2D eigenvalue weighted by Crippen LogP contribution is -2.49. The van der Waals surface area contributed by atoms with E-state index in [-0.39, 0.29) is 5.91 Å². The number of carbonyl (C=O) groups is 1. The standard InChI is InChI=1S/C20H24N2OS/c1-16-5-3-7-18(13-16)21-9-11-22(12-10-21)20(23)15-24-19-8-4-6-17(2)14-19/h3-8,13-14H,9-12,15H2,1-2H3. The third-order valence-corrected chi connectivity index (χ3v) is 5.33. The molecule has 0 spiro atoms. The molecule has 0 aromatic heterocycles. The number of rotatable bonds is 4. The van der Waals surface area contributed by atoms with E-state index >= 15 is 0 Å². The highest BCUT2D eigenvalue weighted by atomic mass is 32.2. The first-order valence-electron chi connectivity index (χ1n) is 8.41. The number of benzene rings is 2. The normalized spacial score (nSPS) is 14.8. The van der Waals surface area contributed by atoms with E-state index in [9.17, 15) is 4.79 Å². The molecule has 0 radical (unpaired) electrons. The number of amides is 1. The van der Waals surface area contributed by atoms with Crippen LogP contribution in [0.5, 0.6) is 0 Å². The topological polar surface area (TPSA) is 23.6 Å². The molecule has 1 aliphatic heterocycles. The maximum atomic E-state index is 12.4. The Morgan fingerprint density at radius 1 is 0.958 bits per heavy atom. The van der Waals surface area contributed by atoms with Gasteiger partial charge < -0.3 is 9.80 Å². The summed E-state index contributed by atoms with van der Waals surface area (Å²) >= 11 is 1.63. The van der Waals surface area contributed by atoms with Gasteiger partial charge in [0, 0.05) is 36.8 Å². The molecule has 1 saturated heterocycles. The minimum Gasteiger partial charge on any atom is -0.368 e. The van der Waals surface area contributed by atoms with Crippen LogP contribution in [0.15, 0.2) is 53.4 Å². The Hall–Kier alpha value is -1.94. The molecule has 0 atom stereocenters. The molecule has 1 amide bonds. The van der Waals surface area contributed by atoms with Gasteiger partial charge in [-0.1, -0.05) is 29.8 Å². The highest BCUT2D eigenvalue weighted by Gasteiger charge is 2.21. The highest BCUT2D eigenvalue weighted by Crippen LogP contribution is 2.21. The zero-order valence-corrected chi connectivity index (χ0v) is 15.2. The highest BCUT2D eigenvalue weighted by molar-refractivity contribution is 8.00. The van der Waals surface area contributed by atoms with Gasteiger partial charge in [0.25, 0.3) is 0 Å². The van der Waals surface area contributed by atoms with E-state index < -0.39 is 0 Å². The van der Waals surface area contributed by atoms with Crippen LogP contribution in [0.25, 0.3) is 0 Å². The van der Waals surface area contributed by atoms with Crippen LogP contribution in [0, 0.1) is 13.8 Å². The fraction of sp³-hybridized carbons (Fsp3) is 0.350. The summed E-state index contributed by atoms with van der Waals surface area (Å²) in [6.45, 7) is 7.62. The number of nitrogens with zero attached hydrogens (tertiary/aromatic N) is 2. The molecule has 0 saturated carbocycles. The first-order valence-corrected chi connectivity index (χ1v) is 9.39. The smallest absolute Gasteiger partial charge is 0.233 e. The maximum Gasteiger partial charge on any atom is 0.233 e. The molecule has 2 aromatic rings. The fourth-order valence-electron chi connectivity index (χ4n) is 2.98. The average molecular weight is 340 g/mol. The molecular formula is C20H24N2OS. The molecule has 0 unspecified atom stereocenters. The van der Waals surface area contributed by atoms with Crippen molar-refractivity contribution in [1.82, 2.24) is 4.90 Å². The minimum atomic E-state index is 0.241. The van der Waals surface area contributed by atoms with Crippen LogP contribution in [-0.2, 0) is 4.79 Å². The number of carbonyl (C=O) groups excluding carboxylic acids is 1. The lowest BCUT2D eigenvalue weighted by Gasteiger charge is -2.36. The Morgan fingerprint density at radius 2 is 1.62 bits per heavy atom. The zero-order valence-electron chi connectivity index (χ0n) is 14.4. The molecule has 2 aromatic carbocycles. The number of anilines is 1. The molecule has 24 heavy (non-hydrogen) atoms. The summed E-state index contributed by atoms with van der Waals surface area (Å²) in [6.07, 6.45) is 0. The van der Waals surface area contributed by atoms with E-state index in [1.807, 2.05) is 11.0 Å². The predicted molar refractivity (Wildman–Crippen MR) is 102 cm³/mol. The summed E-state index contributed by atoms with van der Waals surface area (Å²) in [5.41, 5.74) is 3.77. The summed E-state index contributed by atoms with van der Waals surface area (Å²) in [5.74, 6) is 0.763. The van der Waals surface area contributed by atoms with E-state index in [0.29, 0.717) is 5.75 Å². The number of thioether (sulfide) groups is 1. The lowest BCUT2D eigenvalue weighted by atomic mass is 10.2. The molecule has 3 rings (SSSR count). The number of hydrogen-bond donors (Lipinski definition) is 0. The van der Waals surface area contributed by atoms with Crippen molar-refractivity contribution in [3.8, 4) is 0 Å². The molecule has 4 heteroatoms. The molecule has 0 aliphatic carbocycles. The van der Waals surface area contributed by atoms with Crippen molar-refractivity contribution in [3.63, 3.8) is 0 Å². The van der Waals surface area contributed by atoms with Gasteiger partial charge in [-0.05, 0) is 43.7 Å². The number of hydrogen-bond acceptors (Lipinski definition) is 3. The van der Waals surface area contributed by atoms with Gasteiger partial charge in [-0.25, -0.2) is 0 Å². The van der Waals surface area contributed by atoms with Crippen LogP contribution in [0.3, 0.4) is 0 Å². The third kappa shape index (κ3) is 4.32. The van der Waals surface area contributed by atoms with Crippen LogP contribution < -0.4 is 4.90 Å². The van der Waals surface area contributed by atoms with Crippen LogP contribution >= 0.6 is 11.8 Å². The van der Waals surface area contributed by atoms with Crippen molar-refractivity contribution in [3.05, 3.63) is 59.7 Å². The van der Waals surface area contributed by atoms with Crippen molar-refractivity contribution in [2.24, 2.45) is 0 Å². The SMILES string of the molecule is Cc1cccc(SCC(=O)N2CCN(c3cccc(C)c3)CC2)c1. The second-order valence-electron chi connectivity index (χ2n) is 6.31. The third-order valence-electron chi connectivity index (χ3n) is 4.35. The lowest BCUT2D eigenvalue weighted by molar-refractivity contribution is -0.128. The van der Waals surface area contributed by atoms with Crippen molar-refractivity contribution in [1.29, 1.82) is 0 Å². The number of piperazine rings is 1. The summed E-state index contributed by atoms with van der Waals surface area (Å²) < 4.78 is 0. The predicted octanol–water partition coefficient (Wildman–Crippen LogP) is 3.74. The van der Waals surface area contributed by atoms with E-state index in [1.54, 1.807) is 11.8 Å². The first-order chi connectivity index (χ1) is 11.6. The van der Waals surface area contributed by atoms with Gasteiger partial charge >= 0.3 is 0 Å². The minimum absolute atomic E-state index is 0.241. The average Bonchev–Trinajstić information content (AvgIpc) is 2.60. The summed E-state index contributed by atoms with van der Waals surface area (Å²) in [6, 6.07) is 16.9. The van der Waals surface area contributed by atoms with E-state index in [4.69, 9.17) is 0 Å². The van der Waals surface area contributed by atoms with Crippen molar-refractivity contribution >= 4 is 23.4 Å². The molecule has 1 fully saturated rings. The molecule has 0 N–H and O–H groups in total. The Labute approximate surface area is 148 Å². The molecular weight excluding hydrogens is 316 g/mol. The Kier molecular flexibility index (Phi) is 5.46. The van der Waals surface area contributed by atoms with E-state index in [2.05, 4.69) is 61.2 Å².